The summed E-state index contributed by atoms with van der Waals surface area (Å²) in [6.07, 6.45) is 0. The zero-order valence-electron chi connectivity index (χ0n) is 18.1. The molecule has 174 valence electrons. The number of nitrogens with zero attached hydrogens (tertiary/aromatic N) is 3. The van der Waals surface area contributed by atoms with Gasteiger partial charge in [0.15, 0.2) is 10.8 Å². The van der Waals surface area contributed by atoms with E-state index in [2.05, 4.69) is 5.10 Å². The van der Waals surface area contributed by atoms with Gasteiger partial charge in [-0.25, -0.2) is 18.6 Å². The number of ether oxygens (including phenoxy) is 1. The molecule has 0 aliphatic carbocycles. The molecule has 0 radical (unpaired) electrons. The Morgan fingerprint density at radius 1 is 1.09 bits per heavy atom. The number of primary sulfonamides is 1. The molecule has 34 heavy (non-hydrogen) atoms. The van der Waals surface area contributed by atoms with Crippen LogP contribution in [-0.4, -0.2) is 32.3 Å². The number of nitrogens with two attached hydrogens (primary N) is 2. The normalized spacial score (nSPS) is 14.2. The number of hydrogen-bond acceptors (Lipinski definition) is 6. The second-order valence-corrected chi connectivity index (χ2v) is 9.38. The predicted octanol–water partition coefficient (Wildman–Crippen LogP) is 2.34. The SMILES string of the molecule is COc1ccc2c(c1)/C(=N/N(C(N)=S)c1ccc(S(N)(=O)=O)cc1)C(=O)N2Cc1ccccc1. The molecule has 1 amide bonds. The Morgan fingerprint density at radius 3 is 2.35 bits per heavy atom. The van der Waals surface area contributed by atoms with Gasteiger partial charge >= 0.3 is 0 Å². The molecule has 0 aromatic heterocycles. The lowest BCUT2D eigenvalue weighted by Gasteiger charge is -2.19. The van der Waals surface area contributed by atoms with Crippen LogP contribution in [0.1, 0.15) is 11.1 Å². The van der Waals surface area contributed by atoms with Crippen LogP contribution >= 0.6 is 12.2 Å². The average Bonchev–Trinajstić information content (AvgIpc) is 3.07. The molecular weight excluding hydrogens is 474 g/mol. The predicted molar refractivity (Wildman–Crippen MR) is 134 cm³/mol. The molecule has 1 heterocycles. The van der Waals surface area contributed by atoms with Crippen molar-refractivity contribution in [1.82, 2.24) is 0 Å². The minimum absolute atomic E-state index is 0.0761. The summed E-state index contributed by atoms with van der Waals surface area (Å²) in [5.41, 5.74) is 8.57. The number of hydrogen-bond donors (Lipinski definition) is 2. The van der Waals surface area contributed by atoms with Crippen LogP contribution in [0.15, 0.2) is 82.8 Å². The highest BCUT2D eigenvalue weighted by molar-refractivity contribution is 7.89. The van der Waals surface area contributed by atoms with E-state index >= 15 is 0 Å². The number of methoxy groups -OCH3 is 1. The van der Waals surface area contributed by atoms with Crippen molar-refractivity contribution in [2.45, 2.75) is 11.4 Å². The third-order valence-corrected chi connectivity index (χ3v) is 6.30. The molecule has 0 spiro atoms. The minimum Gasteiger partial charge on any atom is -0.497 e. The third kappa shape index (κ3) is 4.62. The highest BCUT2D eigenvalue weighted by Crippen LogP contribution is 2.34. The number of carbonyl (C=O) groups excluding carboxylic acids is 1. The van der Waals surface area contributed by atoms with E-state index in [0.717, 1.165) is 5.56 Å². The van der Waals surface area contributed by atoms with E-state index < -0.39 is 10.0 Å². The van der Waals surface area contributed by atoms with Crippen LogP contribution in [-0.2, 0) is 21.4 Å². The molecule has 11 heteroatoms. The number of anilines is 2. The molecule has 3 aromatic carbocycles. The summed E-state index contributed by atoms with van der Waals surface area (Å²) in [5, 5.41) is 10.7. The number of fused-ring (bicyclic) bond motifs is 1. The van der Waals surface area contributed by atoms with Gasteiger partial charge in [0.2, 0.25) is 10.0 Å². The summed E-state index contributed by atoms with van der Waals surface area (Å²) in [5.74, 6) is 0.217. The molecule has 0 unspecified atom stereocenters. The van der Waals surface area contributed by atoms with E-state index in [4.69, 9.17) is 27.8 Å². The first-order valence-corrected chi connectivity index (χ1v) is 12.0. The van der Waals surface area contributed by atoms with Crippen LogP contribution in [0.5, 0.6) is 5.75 Å². The Hall–Kier alpha value is -3.80. The second-order valence-electron chi connectivity index (χ2n) is 7.40. The minimum atomic E-state index is -3.87. The lowest BCUT2D eigenvalue weighted by atomic mass is 10.1. The van der Waals surface area contributed by atoms with E-state index in [0.29, 0.717) is 29.2 Å². The average molecular weight is 496 g/mol. The lowest BCUT2D eigenvalue weighted by molar-refractivity contribution is -0.112. The van der Waals surface area contributed by atoms with Crippen LogP contribution in [0, 0.1) is 0 Å². The second kappa shape index (κ2) is 9.21. The van der Waals surface area contributed by atoms with Gasteiger partial charge in [0.25, 0.3) is 5.91 Å². The van der Waals surface area contributed by atoms with Gasteiger partial charge < -0.3 is 15.4 Å². The molecular formula is C23H21N5O4S2. The number of thiocarbonyl (C=S) groups is 1. The summed E-state index contributed by atoms with van der Waals surface area (Å²) in [4.78, 5) is 15.0. The summed E-state index contributed by atoms with van der Waals surface area (Å²) in [7, 11) is -2.34. The van der Waals surface area contributed by atoms with Crippen LogP contribution in [0.25, 0.3) is 0 Å². The first-order valence-electron chi connectivity index (χ1n) is 10.0. The molecule has 0 bridgehead atoms. The van der Waals surface area contributed by atoms with Crippen molar-refractivity contribution in [3.63, 3.8) is 0 Å². The lowest BCUT2D eigenvalue weighted by Crippen LogP contribution is -2.35. The van der Waals surface area contributed by atoms with Crippen LogP contribution in [0.2, 0.25) is 0 Å². The Bertz CT molecular complexity index is 1390. The van der Waals surface area contributed by atoms with Gasteiger partial charge in [-0.2, -0.15) is 5.10 Å². The van der Waals surface area contributed by atoms with Gasteiger partial charge in [-0.15, -0.1) is 0 Å². The number of amides is 1. The zero-order chi connectivity index (χ0) is 24.5. The van der Waals surface area contributed by atoms with Gasteiger partial charge in [-0.1, -0.05) is 30.3 Å². The van der Waals surface area contributed by atoms with Crippen LogP contribution in [0.4, 0.5) is 11.4 Å². The first kappa shape index (κ1) is 23.4. The summed E-state index contributed by atoms with van der Waals surface area (Å²) < 4.78 is 28.5. The molecule has 0 saturated heterocycles. The fourth-order valence-corrected chi connectivity index (χ4v) is 4.21. The Balaban J connectivity index is 1.78. The molecule has 4 N–H and O–H groups in total. The molecule has 1 aliphatic rings. The van der Waals surface area contributed by atoms with E-state index in [1.807, 2.05) is 30.3 Å². The maximum atomic E-state index is 13.5. The maximum absolute atomic E-state index is 13.5. The van der Waals surface area contributed by atoms with Crippen molar-refractivity contribution >= 4 is 50.3 Å². The topological polar surface area (TPSA) is 131 Å². The maximum Gasteiger partial charge on any atom is 0.279 e. The molecule has 9 nitrogen and oxygen atoms in total. The van der Waals surface area contributed by atoms with Gasteiger partial charge in [-0.05, 0) is 60.2 Å². The van der Waals surface area contributed by atoms with Gasteiger partial charge in [0, 0.05) is 5.56 Å². The first-order chi connectivity index (χ1) is 16.2. The van der Waals surface area contributed by atoms with E-state index in [9.17, 15) is 13.2 Å². The van der Waals surface area contributed by atoms with Crippen LogP contribution in [0.3, 0.4) is 0 Å². The molecule has 0 fully saturated rings. The number of rotatable bonds is 6. The van der Waals surface area contributed by atoms with Gasteiger partial charge in [0.1, 0.15) is 5.75 Å². The zero-order valence-corrected chi connectivity index (χ0v) is 19.7. The van der Waals surface area contributed by atoms with Crippen molar-refractivity contribution < 1.29 is 17.9 Å². The number of benzene rings is 3. The number of carbonyl (C=O) groups is 1. The molecule has 3 aromatic rings. The number of hydrazone groups is 1. The molecule has 1 aliphatic heterocycles. The largest absolute Gasteiger partial charge is 0.497 e. The fraction of sp³-hybridized carbons (Fsp3) is 0.0870. The van der Waals surface area contributed by atoms with Gasteiger partial charge in [-0.3, -0.25) is 4.79 Å². The van der Waals surface area contributed by atoms with E-state index in [-0.39, 0.29) is 21.6 Å². The van der Waals surface area contributed by atoms with Crippen molar-refractivity contribution in [2.75, 3.05) is 17.0 Å². The summed E-state index contributed by atoms with van der Waals surface area (Å²) in [6, 6.07) is 20.4. The monoisotopic (exact) mass is 495 g/mol. The summed E-state index contributed by atoms with van der Waals surface area (Å²) in [6.45, 7) is 0.341. The highest BCUT2D eigenvalue weighted by atomic mass is 32.2. The standard InChI is InChI=1S/C23H21N5O4S2/c1-32-17-9-12-20-19(13-17)21(22(29)27(20)14-15-5-3-2-4-6-15)26-28(23(24)33)16-7-10-18(11-8-16)34(25,30)31/h2-13H,14H2,1H3,(H2,24,33)(H2,25,30,31)/b26-21-. The van der Waals surface area contributed by atoms with Crippen molar-refractivity contribution in [3.05, 3.63) is 83.9 Å². The van der Waals surface area contributed by atoms with Crippen molar-refractivity contribution in [1.29, 1.82) is 0 Å². The summed E-state index contributed by atoms with van der Waals surface area (Å²) >= 11 is 5.16. The Morgan fingerprint density at radius 2 is 1.76 bits per heavy atom. The quantitative estimate of drug-likeness (QED) is 0.396. The third-order valence-electron chi connectivity index (χ3n) is 5.20. The Labute approximate surface area is 202 Å². The Kier molecular flexibility index (Phi) is 6.33. The fourth-order valence-electron chi connectivity index (χ4n) is 3.55. The highest BCUT2D eigenvalue weighted by Gasteiger charge is 2.35. The molecule has 4 rings (SSSR count). The van der Waals surface area contributed by atoms with Crippen molar-refractivity contribution in [2.24, 2.45) is 16.0 Å². The van der Waals surface area contributed by atoms with E-state index in [1.165, 1.54) is 36.4 Å². The van der Waals surface area contributed by atoms with E-state index in [1.54, 1.807) is 23.1 Å². The number of sulfonamides is 1. The molecule has 0 saturated carbocycles. The van der Waals surface area contributed by atoms with Crippen LogP contribution < -0.4 is 25.5 Å². The smallest absolute Gasteiger partial charge is 0.279 e. The van der Waals surface area contributed by atoms with Crippen molar-refractivity contribution in [3.8, 4) is 5.75 Å². The molecule has 0 atom stereocenters. The van der Waals surface area contributed by atoms with Gasteiger partial charge in [0.05, 0.1) is 29.9 Å².